The Balaban J connectivity index is 0.00000112. The summed E-state index contributed by atoms with van der Waals surface area (Å²) in [6.45, 7) is 2.93. The maximum absolute atomic E-state index is 5.79. The maximum Gasteiger partial charge on any atom is 0.0771 e. The van der Waals surface area contributed by atoms with E-state index in [1.165, 1.54) is 11.1 Å². The van der Waals surface area contributed by atoms with E-state index in [0.29, 0.717) is 12.1 Å². The number of likely N-dealkylation sites (N-methyl/N-ethyl adjacent to an activating group) is 1. The van der Waals surface area contributed by atoms with Gasteiger partial charge in [-0.1, -0.05) is 31.2 Å². The van der Waals surface area contributed by atoms with Crippen LogP contribution in [0.1, 0.15) is 30.5 Å². The average molecular weight is 228 g/mol. The van der Waals surface area contributed by atoms with Gasteiger partial charge >= 0.3 is 0 Å². The van der Waals surface area contributed by atoms with E-state index in [1.54, 1.807) is 0 Å². The van der Waals surface area contributed by atoms with Crippen LogP contribution in [0.3, 0.4) is 0 Å². The number of rotatable bonds is 2. The molecule has 3 heteroatoms. The molecule has 0 saturated carbocycles. The summed E-state index contributed by atoms with van der Waals surface area (Å²) in [5.74, 6) is 0. The minimum absolute atomic E-state index is 0. The van der Waals surface area contributed by atoms with E-state index >= 15 is 0 Å². The normalized spacial score (nSPS) is 24.1. The molecule has 0 spiro atoms. The summed E-state index contributed by atoms with van der Waals surface area (Å²) in [5, 5.41) is 3.34. The van der Waals surface area contributed by atoms with Crippen LogP contribution in [-0.4, -0.2) is 13.2 Å². The highest BCUT2D eigenvalue weighted by Gasteiger charge is 2.27. The van der Waals surface area contributed by atoms with E-state index < -0.39 is 0 Å². The Kier molecular flexibility index (Phi) is 4.58. The van der Waals surface area contributed by atoms with Crippen molar-refractivity contribution >= 4 is 12.4 Å². The Morgan fingerprint density at radius 3 is 2.80 bits per heavy atom. The van der Waals surface area contributed by atoms with Gasteiger partial charge in [0.05, 0.1) is 18.8 Å². The lowest BCUT2D eigenvalue weighted by Crippen LogP contribution is -2.35. The third-order valence-electron chi connectivity index (χ3n) is 2.93. The van der Waals surface area contributed by atoms with Crippen LogP contribution >= 0.6 is 12.4 Å². The van der Waals surface area contributed by atoms with Gasteiger partial charge in [-0.05, 0) is 24.6 Å². The first kappa shape index (κ1) is 12.5. The third-order valence-corrected chi connectivity index (χ3v) is 2.93. The fourth-order valence-electron chi connectivity index (χ4n) is 2.16. The second-order valence-electron chi connectivity index (χ2n) is 3.72. The van der Waals surface area contributed by atoms with Crippen molar-refractivity contribution in [1.82, 2.24) is 5.32 Å². The van der Waals surface area contributed by atoms with Gasteiger partial charge in [-0.15, -0.1) is 12.4 Å². The molecule has 0 fully saturated rings. The van der Waals surface area contributed by atoms with Gasteiger partial charge in [-0.3, -0.25) is 0 Å². The summed E-state index contributed by atoms with van der Waals surface area (Å²) in [6.07, 6.45) is 1.37. The second-order valence-corrected chi connectivity index (χ2v) is 3.72. The lowest BCUT2D eigenvalue weighted by Gasteiger charge is -2.33. The maximum atomic E-state index is 5.79. The van der Waals surface area contributed by atoms with E-state index in [9.17, 15) is 0 Å². The number of fused-ring (bicyclic) bond motifs is 1. The first-order valence-electron chi connectivity index (χ1n) is 5.23. The first-order valence-corrected chi connectivity index (χ1v) is 5.23. The Morgan fingerprint density at radius 1 is 1.40 bits per heavy atom. The third kappa shape index (κ3) is 2.33. The van der Waals surface area contributed by atoms with E-state index in [-0.39, 0.29) is 12.4 Å². The molecule has 2 rings (SSSR count). The van der Waals surface area contributed by atoms with Gasteiger partial charge in [-0.25, -0.2) is 0 Å². The lowest BCUT2D eigenvalue weighted by atomic mass is 9.93. The molecule has 0 saturated heterocycles. The fraction of sp³-hybridized carbons (Fsp3) is 0.500. The van der Waals surface area contributed by atoms with Gasteiger partial charge in [-0.2, -0.15) is 0 Å². The van der Waals surface area contributed by atoms with Crippen molar-refractivity contribution in [3.05, 3.63) is 35.4 Å². The minimum atomic E-state index is 0. The second kappa shape index (κ2) is 5.50. The largest absolute Gasteiger partial charge is 0.372 e. The summed E-state index contributed by atoms with van der Waals surface area (Å²) in [7, 11) is 2.00. The zero-order valence-electron chi connectivity index (χ0n) is 9.19. The summed E-state index contributed by atoms with van der Waals surface area (Å²) in [4.78, 5) is 0. The van der Waals surface area contributed by atoms with Crippen LogP contribution in [0.5, 0.6) is 0 Å². The fourth-order valence-corrected chi connectivity index (χ4v) is 2.16. The highest BCUT2D eigenvalue weighted by molar-refractivity contribution is 5.85. The molecule has 84 valence electrons. The molecular weight excluding hydrogens is 210 g/mol. The highest BCUT2D eigenvalue weighted by Crippen LogP contribution is 2.30. The SMILES string of the molecule is CC[C@@H]1OCc2ccccc2[C@@H]1NC.Cl. The molecule has 0 radical (unpaired) electrons. The molecule has 0 aromatic heterocycles. The Morgan fingerprint density at radius 2 is 2.13 bits per heavy atom. The molecule has 0 bridgehead atoms. The van der Waals surface area contributed by atoms with E-state index in [2.05, 4.69) is 36.5 Å². The Bertz CT molecular complexity index is 316. The van der Waals surface area contributed by atoms with E-state index in [1.807, 2.05) is 7.05 Å². The first-order chi connectivity index (χ1) is 6.86. The summed E-state index contributed by atoms with van der Waals surface area (Å²) in [5.41, 5.74) is 2.71. The topological polar surface area (TPSA) is 21.3 Å². The number of hydrogen-bond acceptors (Lipinski definition) is 2. The van der Waals surface area contributed by atoms with Gasteiger partial charge in [0.1, 0.15) is 0 Å². The van der Waals surface area contributed by atoms with Crippen LogP contribution in [0.15, 0.2) is 24.3 Å². The van der Waals surface area contributed by atoms with Crippen molar-refractivity contribution < 1.29 is 4.74 Å². The van der Waals surface area contributed by atoms with Gasteiger partial charge in [0.25, 0.3) is 0 Å². The molecule has 0 amide bonds. The molecule has 1 aliphatic heterocycles. The van der Waals surface area contributed by atoms with Crippen molar-refractivity contribution in [2.45, 2.75) is 32.1 Å². The molecule has 2 nitrogen and oxygen atoms in total. The summed E-state index contributed by atoms with van der Waals surface area (Å²) < 4.78 is 5.79. The molecule has 1 heterocycles. The predicted molar refractivity (Wildman–Crippen MR) is 64.4 cm³/mol. The van der Waals surface area contributed by atoms with Gasteiger partial charge in [0.2, 0.25) is 0 Å². The van der Waals surface area contributed by atoms with Gasteiger partial charge in [0, 0.05) is 0 Å². The van der Waals surface area contributed by atoms with Crippen LogP contribution in [-0.2, 0) is 11.3 Å². The molecule has 1 aliphatic rings. The van der Waals surface area contributed by atoms with E-state index in [0.717, 1.165) is 13.0 Å². The van der Waals surface area contributed by atoms with Crippen LogP contribution < -0.4 is 5.32 Å². The molecule has 1 aromatic rings. The molecular formula is C12H18ClNO. The number of benzene rings is 1. The molecule has 1 N–H and O–H groups in total. The van der Waals surface area contributed by atoms with Crippen LogP contribution in [0.25, 0.3) is 0 Å². The van der Waals surface area contributed by atoms with Crippen molar-refractivity contribution in [2.24, 2.45) is 0 Å². The standard InChI is InChI=1S/C12H17NO.ClH/c1-3-11-12(13-2)10-7-5-4-6-9(10)8-14-11;/h4-7,11-13H,3,8H2,1-2H3;1H/t11-,12-;/m0./s1. The molecule has 0 unspecified atom stereocenters. The van der Waals surface area contributed by atoms with Crippen molar-refractivity contribution in [1.29, 1.82) is 0 Å². The molecule has 0 aliphatic carbocycles. The van der Waals surface area contributed by atoms with Crippen LogP contribution in [0.4, 0.5) is 0 Å². The average Bonchev–Trinajstić information content (AvgIpc) is 2.27. The Labute approximate surface area is 97.4 Å². The molecule has 15 heavy (non-hydrogen) atoms. The summed E-state index contributed by atoms with van der Waals surface area (Å²) >= 11 is 0. The van der Waals surface area contributed by atoms with Gasteiger partial charge < -0.3 is 10.1 Å². The number of halogens is 1. The smallest absolute Gasteiger partial charge is 0.0771 e. The number of hydrogen-bond donors (Lipinski definition) is 1. The lowest BCUT2D eigenvalue weighted by molar-refractivity contribution is -0.000905. The van der Waals surface area contributed by atoms with Crippen molar-refractivity contribution in [3.8, 4) is 0 Å². The summed E-state index contributed by atoms with van der Waals surface area (Å²) in [6, 6.07) is 8.86. The van der Waals surface area contributed by atoms with E-state index in [4.69, 9.17) is 4.74 Å². The molecule has 1 aromatic carbocycles. The van der Waals surface area contributed by atoms with Crippen LogP contribution in [0, 0.1) is 0 Å². The van der Waals surface area contributed by atoms with Crippen molar-refractivity contribution in [2.75, 3.05) is 7.05 Å². The molecule has 2 atom stereocenters. The van der Waals surface area contributed by atoms with Crippen molar-refractivity contribution in [3.63, 3.8) is 0 Å². The zero-order chi connectivity index (χ0) is 9.97. The predicted octanol–water partition coefficient (Wildman–Crippen LogP) is 2.68. The van der Waals surface area contributed by atoms with Gasteiger partial charge in [0.15, 0.2) is 0 Å². The highest BCUT2D eigenvalue weighted by atomic mass is 35.5. The number of ether oxygens (including phenoxy) is 1. The number of nitrogens with one attached hydrogen (secondary N) is 1. The Hall–Kier alpha value is -0.570. The quantitative estimate of drug-likeness (QED) is 0.839. The minimum Gasteiger partial charge on any atom is -0.372 e. The monoisotopic (exact) mass is 227 g/mol. The van der Waals surface area contributed by atoms with Crippen LogP contribution in [0.2, 0.25) is 0 Å². The zero-order valence-corrected chi connectivity index (χ0v) is 10.0.